The lowest BCUT2D eigenvalue weighted by Gasteiger charge is -2.19. The van der Waals surface area contributed by atoms with Crippen LogP contribution in [-0.4, -0.2) is 19.3 Å². The summed E-state index contributed by atoms with van der Waals surface area (Å²) in [5.41, 5.74) is 6.46. The predicted octanol–water partition coefficient (Wildman–Crippen LogP) is 2.65. The molecule has 96 valence electrons. The van der Waals surface area contributed by atoms with Gasteiger partial charge in [0.1, 0.15) is 6.10 Å². The van der Waals surface area contributed by atoms with Crippen molar-refractivity contribution in [1.82, 2.24) is 0 Å². The van der Waals surface area contributed by atoms with Gasteiger partial charge in [-0.3, -0.25) is 0 Å². The SMILES string of the molecule is CCOCC(C)Oc1c(F)cccc1[C@@H](C)N. The Labute approximate surface area is 102 Å². The minimum absolute atomic E-state index is 0.204. The zero-order valence-electron chi connectivity index (χ0n) is 10.6. The summed E-state index contributed by atoms with van der Waals surface area (Å²) >= 11 is 0. The first-order valence-corrected chi connectivity index (χ1v) is 5.84. The van der Waals surface area contributed by atoms with Gasteiger partial charge in [-0.2, -0.15) is 0 Å². The molecule has 0 amide bonds. The molecule has 0 aliphatic carbocycles. The number of benzene rings is 1. The fourth-order valence-electron chi connectivity index (χ4n) is 1.53. The molecule has 0 aromatic heterocycles. The highest BCUT2D eigenvalue weighted by molar-refractivity contribution is 5.37. The van der Waals surface area contributed by atoms with Crippen molar-refractivity contribution < 1.29 is 13.9 Å². The van der Waals surface area contributed by atoms with E-state index in [0.29, 0.717) is 18.8 Å². The number of ether oxygens (including phenoxy) is 2. The predicted molar refractivity (Wildman–Crippen MR) is 65.6 cm³/mol. The van der Waals surface area contributed by atoms with Crippen LogP contribution in [0.1, 0.15) is 32.4 Å². The molecule has 0 spiro atoms. The zero-order valence-corrected chi connectivity index (χ0v) is 10.6. The van der Waals surface area contributed by atoms with E-state index in [0.717, 1.165) is 0 Å². The van der Waals surface area contributed by atoms with Crippen LogP contribution in [0.3, 0.4) is 0 Å². The summed E-state index contributed by atoms with van der Waals surface area (Å²) in [6, 6.07) is 4.51. The van der Waals surface area contributed by atoms with Crippen LogP contribution in [0.5, 0.6) is 5.75 Å². The number of para-hydroxylation sites is 1. The summed E-state index contributed by atoms with van der Waals surface area (Å²) in [4.78, 5) is 0. The topological polar surface area (TPSA) is 44.5 Å². The van der Waals surface area contributed by atoms with Gasteiger partial charge in [-0.15, -0.1) is 0 Å². The molecule has 0 aliphatic rings. The molecular weight excluding hydrogens is 221 g/mol. The van der Waals surface area contributed by atoms with Gasteiger partial charge in [-0.05, 0) is 26.8 Å². The molecule has 0 aliphatic heterocycles. The summed E-state index contributed by atoms with van der Waals surface area (Å²) < 4.78 is 24.5. The minimum atomic E-state index is -0.386. The summed E-state index contributed by atoms with van der Waals surface area (Å²) in [6.45, 7) is 6.60. The summed E-state index contributed by atoms with van der Waals surface area (Å²) in [5, 5.41) is 0. The summed E-state index contributed by atoms with van der Waals surface area (Å²) in [6.07, 6.45) is -0.204. The zero-order chi connectivity index (χ0) is 12.8. The van der Waals surface area contributed by atoms with E-state index in [-0.39, 0.29) is 23.7 Å². The van der Waals surface area contributed by atoms with E-state index in [1.165, 1.54) is 6.07 Å². The Morgan fingerprint density at radius 1 is 1.35 bits per heavy atom. The molecule has 2 atom stereocenters. The molecule has 2 N–H and O–H groups in total. The van der Waals surface area contributed by atoms with Crippen LogP contribution < -0.4 is 10.5 Å². The third-order valence-corrected chi connectivity index (χ3v) is 2.36. The van der Waals surface area contributed by atoms with Gasteiger partial charge < -0.3 is 15.2 Å². The van der Waals surface area contributed by atoms with E-state index in [9.17, 15) is 4.39 Å². The number of hydrogen-bond donors (Lipinski definition) is 1. The second-order valence-corrected chi connectivity index (χ2v) is 4.03. The third-order valence-electron chi connectivity index (χ3n) is 2.36. The van der Waals surface area contributed by atoms with Gasteiger partial charge in [0.25, 0.3) is 0 Å². The maximum Gasteiger partial charge on any atom is 0.165 e. The average Bonchev–Trinajstić information content (AvgIpc) is 2.28. The summed E-state index contributed by atoms with van der Waals surface area (Å²) in [7, 11) is 0. The molecule has 0 bridgehead atoms. The highest BCUT2D eigenvalue weighted by Crippen LogP contribution is 2.27. The van der Waals surface area contributed by atoms with Crippen molar-refractivity contribution in [2.45, 2.75) is 32.9 Å². The maximum atomic E-state index is 13.7. The van der Waals surface area contributed by atoms with Gasteiger partial charge >= 0.3 is 0 Å². The smallest absolute Gasteiger partial charge is 0.165 e. The normalized spacial score (nSPS) is 14.4. The lowest BCUT2D eigenvalue weighted by molar-refractivity contribution is 0.0630. The first kappa shape index (κ1) is 13.9. The molecule has 1 unspecified atom stereocenters. The minimum Gasteiger partial charge on any atom is -0.485 e. The maximum absolute atomic E-state index is 13.7. The lowest BCUT2D eigenvalue weighted by Crippen LogP contribution is -2.21. The van der Waals surface area contributed by atoms with Crippen molar-refractivity contribution in [3.63, 3.8) is 0 Å². The Morgan fingerprint density at radius 2 is 2.06 bits per heavy atom. The van der Waals surface area contributed by atoms with E-state index in [2.05, 4.69) is 0 Å². The first-order valence-electron chi connectivity index (χ1n) is 5.84. The quantitative estimate of drug-likeness (QED) is 0.832. The van der Waals surface area contributed by atoms with Crippen molar-refractivity contribution in [3.8, 4) is 5.75 Å². The van der Waals surface area contributed by atoms with Crippen molar-refractivity contribution in [2.75, 3.05) is 13.2 Å². The van der Waals surface area contributed by atoms with E-state index in [1.54, 1.807) is 19.1 Å². The second-order valence-electron chi connectivity index (χ2n) is 4.03. The summed E-state index contributed by atoms with van der Waals surface area (Å²) in [5.74, 6) is -0.155. The molecule has 17 heavy (non-hydrogen) atoms. The monoisotopic (exact) mass is 241 g/mol. The molecule has 0 saturated heterocycles. The third kappa shape index (κ3) is 3.98. The number of halogens is 1. The Kier molecular flexibility index (Phi) is 5.38. The molecule has 0 saturated carbocycles. The Morgan fingerprint density at radius 3 is 2.65 bits per heavy atom. The molecule has 0 fully saturated rings. The number of rotatable bonds is 6. The standard InChI is InChI=1S/C13H20FNO2/c1-4-16-8-9(2)17-13-11(10(3)15)6-5-7-12(13)14/h5-7,9-10H,4,8,15H2,1-3H3/t9?,10-/m1/s1. The van der Waals surface area contributed by atoms with E-state index < -0.39 is 0 Å². The van der Waals surface area contributed by atoms with Gasteiger partial charge in [0.15, 0.2) is 11.6 Å². The van der Waals surface area contributed by atoms with Crippen molar-refractivity contribution >= 4 is 0 Å². The molecule has 1 rings (SSSR count). The Hall–Kier alpha value is -1.13. The van der Waals surface area contributed by atoms with Crippen LogP contribution in [-0.2, 0) is 4.74 Å². The van der Waals surface area contributed by atoms with Crippen LogP contribution in [0.4, 0.5) is 4.39 Å². The molecule has 1 aromatic carbocycles. The van der Waals surface area contributed by atoms with Crippen LogP contribution >= 0.6 is 0 Å². The van der Waals surface area contributed by atoms with Crippen molar-refractivity contribution in [3.05, 3.63) is 29.6 Å². The Bertz CT molecular complexity index is 355. The van der Waals surface area contributed by atoms with Gasteiger partial charge in [0, 0.05) is 18.2 Å². The molecule has 1 aromatic rings. The fourth-order valence-corrected chi connectivity index (χ4v) is 1.53. The van der Waals surface area contributed by atoms with E-state index >= 15 is 0 Å². The molecular formula is C13H20FNO2. The first-order chi connectivity index (χ1) is 8.06. The van der Waals surface area contributed by atoms with Gasteiger partial charge in [-0.1, -0.05) is 12.1 Å². The largest absolute Gasteiger partial charge is 0.485 e. The van der Waals surface area contributed by atoms with Gasteiger partial charge in [-0.25, -0.2) is 4.39 Å². The number of hydrogen-bond acceptors (Lipinski definition) is 3. The highest BCUT2D eigenvalue weighted by atomic mass is 19.1. The number of nitrogens with two attached hydrogens (primary N) is 1. The van der Waals surface area contributed by atoms with Crippen molar-refractivity contribution in [1.29, 1.82) is 0 Å². The molecule has 0 radical (unpaired) electrons. The van der Waals surface area contributed by atoms with E-state index in [1.807, 2.05) is 13.8 Å². The second kappa shape index (κ2) is 6.57. The molecule has 3 nitrogen and oxygen atoms in total. The van der Waals surface area contributed by atoms with Crippen LogP contribution in [0, 0.1) is 5.82 Å². The van der Waals surface area contributed by atoms with Crippen LogP contribution in [0.25, 0.3) is 0 Å². The highest BCUT2D eigenvalue weighted by Gasteiger charge is 2.15. The van der Waals surface area contributed by atoms with Crippen LogP contribution in [0.15, 0.2) is 18.2 Å². The van der Waals surface area contributed by atoms with Gasteiger partial charge in [0.2, 0.25) is 0 Å². The van der Waals surface area contributed by atoms with Crippen LogP contribution in [0.2, 0.25) is 0 Å². The molecule has 4 heteroatoms. The van der Waals surface area contributed by atoms with Crippen molar-refractivity contribution in [2.24, 2.45) is 5.73 Å². The molecule has 0 heterocycles. The lowest BCUT2D eigenvalue weighted by atomic mass is 10.1. The fraction of sp³-hybridized carbons (Fsp3) is 0.538. The van der Waals surface area contributed by atoms with E-state index in [4.69, 9.17) is 15.2 Å². The Balaban J connectivity index is 2.81. The average molecular weight is 241 g/mol. The van der Waals surface area contributed by atoms with Gasteiger partial charge in [0.05, 0.1) is 6.61 Å².